The Balaban J connectivity index is 1.73. The van der Waals surface area contributed by atoms with Crippen LogP contribution in [0.1, 0.15) is 13.3 Å². The van der Waals surface area contributed by atoms with Gasteiger partial charge in [0.05, 0.1) is 13.2 Å². The van der Waals surface area contributed by atoms with Gasteiger partial charge in [0.1, 0.15) is 6.10 Å². The molecule has 1 amide bonds. The molecule has 12 heavy (non-hydrogen) atoms. The van der Waals surface area contributed by atoms with Gasteiger partial charge in [-0.15, -0.1) is 0 Å². The summed E-state index contributed by atoms with van der Waals surface area (Å²) in [5, 5.41) is 2.70. The van der Waals surface area contributed by atoms with Crippen molar-refractivity contribution in [2.45, 2.75) is 19.4 Å². The molecule has 1 saturated heterocycles. The molecule has 0 aromatic rings. The number of hydrogen-bond acceptors (Lipinski definition) is 3. The summed E-state index contributed by atoms with van der Waals surface area (Å²) in [4.78, 5) is 10.4. The molecule has 1 heterocycles. The number of amides is 1. The van der Waals surface area contributed by atoms with E-state index in [4.69, 9.17) is 9.47 Å². The fourth-order valence-electron chi connectivity index (χ4n) is 0.818. The lowest BCUT2D eigenvalue weighted by molar-refractivity contribution is -0.119. The predicted octanol–water partition coefficient (Wildman–Crippen LogP) is -0.0720. The molecule has 4 nitrogen and oxygen atoms in total. The number of epoxide rings is 1. The highest BCUT2D eigenvalue weighted by molar-refractivity contribution is 5.72. The Bertz CT molecular complexity index is 145. The average Bonchev–Trinajstić information content (AvgIpc) is 2.79. The van der Waals surface area contributed by atoms with Crippen molar-refractivity contribution < 1.29 is 14.3 Å². The zero-order valence-electron chi connectivity index (χ0n) is 7.34. The van der Waals surface area contributed by atoms with E-state index in [2.05, 4.69) is 5.32 Å². The molecule has 1 fully saturated rings. The van der Waals surface area contributed by atoms with Crippen LogP contribution in [0.2, 0.25) is 0 Å². The normalized spacial score (nSPS) is 20.6. The molecule has 4 heteroatoms. The minimum absolute atomic E-state index is 0.0144. The molecular formula is C8H15NO3. The SMILES string of the molecule is CC(=O)NCCCOCC1CO1. The third kappa shape index (κ3) is 5.09. The quantitative estimate of drug-likeness (QED) is 0.452. The van der Waals surface area contributed by atoms with Gasteiger partial charge in [-0.05, 0) is 6.42 Å². The molecule has 0 aromatic carbocycles. The number of carbonyl (C=O) groups excluding carboxylic acids is 1. The van der Waals surface area contributed by atoms with Crippen LogP contribution in [-0.2, 0) is 14.3 Å². The van der Waals surface area contributed by atoms with E-state index in [9.17, 15) is 4.79 Å². The number of carbonyl (C=O) groups is 1. The fraction of sp³-hybridized carbons (Fsp3) is 0.875. The monoisotopic (exact) mass is 173 g/mol. The van der Waals surface area contributed by atoms with Crippen molar-refractivity contribution in [1.82, 2.24) is 5.32 Å². The zero-order valence-corrected chi connectivity index (χ0v) is 7.34. The van der Waals surface area contributed by atoms with Gasteiger partial charge in [0, 0.05) is 20.1 Å². The van der Waals surface area contributed by atoms with E-state index < -0.39 is 0 Å². The molecule has 0 bridgehead atoms. The number of hydrogen-bond donors (Lipinski definition) is 1. The maximum absolute atomic E-state index is 10.4. The Labute approximate surface area is 72.2 Å². The van der Waals surface area contributed by atoms with Crippen LogP contribution >= 0.6 is 0 Å². The molecule has 1 aliphatic heterocycles. The van der Waals surface area contributed by atoms with Crippen molar-refractivity contribution in [2.75, 3.05) is 26.4 Å². The Morgan fingerprint density at radius 2 is 2.50 bits per heavy atom. The third-order valence-corrected chi connectivity index (χ3v) is 1.55. The number of nitrogens with one attached hydrogen (secondary N) is 1. The first-order valence-electron chi connectivity index (χ1n) is 4.23. The molecule has 0 radical (unpaired) electrons. The van der Waals surface area contributed by atoms with Gasteiger partial charge in [0.15, 0.2) is 0 Å². The maximum atomic E-state index is 10.4. The first-order chi connectivity index (χ1) is 5.79. The molecule has 1 atom stereocenters. The van der Waals surface area contributed by atoms with E-state index in [1.54, 1.807) is 0 Å². The van der Waals surface area contributed by atoms with Gasteiger partial charge < -0.3 is 14.8 Å². The van der Waals surface area contributed by atoms with Crippen LogP contribution in [0.3, 0.4) is 0 Å². The Morgan fingerprint density at radius 3 is 3.08 bits per heavy atom. The van der Waals surface area contributed by atoms with E-state index in [0.717, 1.165) is 13.0 Å². The van der Waals surface area contributed by atoms with E-state index in [-0.39, 0.29) is 5.91 Å². The highest BCUT2D eigenvalue weighted by Gasteiger charge is 2.21. The fourth-order valence-corrected chi connectivity index (χ4v) is 0.818. The van der Waals surface area contributed by atoms with Gasteiger partial charge in [0.25, 0.3) is 0 Å². The van der Waals surface area contributed by atoms with Crippen molar-refractivity contribution >= 4 is 5.91 Å². The standard InChI is InChI=1S/C8H15NO3/c1-7(10)9-3-2-4-11-5-8-6-12-8/h8H,2-6H2,1H3,(H,9,10). The second kappa shape index (κ2) is 5.11. The summed E-state index contributed by atoms with van der Waals surface area (Å²) in [6.07, 6.45) is 1.21. The van der Waals surface area contributed by atoms with Crippen LogP contribution in [0.15, 0.2) is 0 Å². The Hall–Kier alpha value is -0.610. The van der Waals surface area contributed by atoms with Crippen LogP contribution in [0.5, 0.6) is 0 Å². The summed E-state index contributed by atoms with van der Waals surface area (Å²) in [5.41, 5.74) is 0. The van der Waals surface area contributed by atoms with E-state index in [1.807, 2.05) is 0 Å². The van der Waals surface area contributed by atoms with E-state index >= 15 is 0 Å². The van der Waals surface area contributed by atoms with Crippen molar-refractivity contribution in [3.05, 3.63) is 0 Å². The minimum Gasteiger partial charge on any atom is -0.379 e. The number of ether oxygens (including phenoxy) is 2. The highest BCUT2D eigenvalue weighted by atomic mass is 16.6. The molecule has 0 aromatic heterocycles. The lowest BCUT2D eigenvalue weighted by atomic mass is 10.4. The predicted molar refractivity (Wildman–Crippen MR) is 43.9 cm³/mol. The first-order valence-corrected chi connectivity index (χ1v) is 4.23. The average molecular weight is 173 g/mol. The van der Waals surface area contributed by atoms with Gasteiger partial charge >= 0.3 is 0 Å². The third-order valence-electron chi connectivity index (χ3n) is 1.55. The van der Waals surface area contributed by atoms with Gasteiger partial charge in [-0.3, -0.25) is 4.79 Å². The molecule has 1 unspecified atom stereocenters. The first kappa shape index (κ1) is 9.48. The topological polar surface area (TPSA) is 50.9 Å². The summed E-state index contributed by atoms with van der Waals surface area (Å²) >= 11 is 0. The van der Waals surface area contributed by atoms with Gasteiger partial charge in [-0.25, -0.2) is 0 Å². The van der Waals surface area contributed by atoms with Gasteiger partial charge in [-0.2, -0.15) is 0 Å². The maximum Gasteiger partial charge on any atom is 0.216 e. The van der Waals surface area contributed by atoms with Crippen molar-refractivity contribution in [3.8, 4) is 0 Å². The molecule has 1 N–H and O–H groups in total. The van der Waals surface area contributed by atoms with E-state index in [1.165, 1.54) is 6.92 Å². The molecule has 70 valence electrons. The summed E-state index contributed by atoms with van der Waals surface area (Å²) < 4.78 is 10.2. The van der Waals surface area contributed by atoms with Crippen LogP contribution in [-0.4, -0.2) is 38.4 Å². The summed E-state index contributed by atoms with van der Waals surface area (Å²) in [6, 6.07) is 0. The van der Waals surface area contributed by atoms with Gasteiger partial charge in [0.2, 0.25) is 5.91 Å². The van der Waals surface area contributed by atoms with Gasteiger partial charge in [-0.1, -0.05) is 0 Å². The molecular weight excluding hydrogens is 158 g/mol. The van der Waals surface area contributed by atoms with Crippen LogP contribution in [0.4, 0.5) is 0 Å². The van der Waals surface area contributed by atoms with Crippen LogP contribution < -0.4 is 5.32 Å². The van der Waals surface area contributed by atoms with Crippen molar-refractivity contribution in [2.24, 2.45) is 0 Å². The molecule has 0 aliphatic carbocycles. The van der Waals surface area contributed by atoms with Crippen LogP contribution in [0.25, 0.3) is 0 Å². The second-order valence-corrected chi connectivity index (χ2v) is 2.87. The van der Waals surface area contributed by atoms with Crippen LogP contribution in [0, 0.1) is 0 Å². The highest BCUT2D eigenvalue weighted by Crippen LogP contribution is 2.08. The zero-order chi connectivity index (χ0) is 8.81. The minimum atomic E-state index is 0.0144. The lowest BCUT2D eigenvalue weighted by Crippen LogP contribution is -2.22. The summed E-state index contributed by atoms with van der Waals surface area (Å²) in [5.74, 6) is 0.0144. The van der Waals surface area contributed by atoms with Crippen molar-refractivity contribution in [3.63, 3.8) is 0 Å². The number of rotatable bonds is 6. The summed E-state index contributed by atoms with van der Waals surface area (Å²) in [7, 11) is 0. The lowest BCUT2D eigenvalue weighted by Gasteiger charge is -2.02. The van der Waals surface area contributed by atoms with Crippen molar-refractivity contribution in [1.29, 1.82) is 0 Å². The molecule has 0 saturated carbocycles. The summed E-state index contributed by atoms with van der Waals surface area (Å²) in [6.45, 7) is 4.44. The largest absolute Gasteiger partial charge is 0.379 e. The molecule has 1 aliphatic rings. The second-order valence-electron chi connectivity index (χ2n) is 2.87. The Kier molecular flexibility index (Phi) is 4.04. The molecule has 0 spiro atoms. The molecule has 1 rings (SSSR count). The van der Waals surface area contributed by atoms with E-state index in [0.29, 0.717) is 25.9 Å². The smallest absolute Gasteiger partial charge is 0.216 e. The Morgan fingerprint density at radius 1 is 1.75 bits per heavy atom.